The van der Waals surface area contributed by atoms with Gasteiger partial charge in [-0.3, -0.25) is 0 Å². The highest BCUT2D eigenvalue weighted by Crippen LogP contribution is 2.41. The zero-order valence-electron chi connectivity index (χ0n) is 25.5. The molecule has 0 aromatic heterocycles. The maximum Gasteiger partial charge on any atom is 0.179 e. The van der Waals surface area contributed by atoms with Gasteiger partial charge in [0.05, 0.1) is 11.4 Å². The van der Waals surface area contributed by atoms with E-state index in [9.17, 15) is 0 Å². The average molecular weight is 604 g/mol. The minimum Gasteiger partial charge on any atom is -0.309 e. The second-order valence-corrected chi connectivity index (χ2v) is 15.5. The van der Waals surface area contributed by atoms with Crippen molar-refractivity contribution in [2.75, 3.05) is 4.90 Å². The van der Waals surface area contributed by atoms with E-state index in [1.807, 2.05) is 0 Å². The molecule has 8 aromatic rings. The molecule has 0 aliphatic heterocycles. The Hall–Kier alpha value is -5.70. The second-order valence-electron chi connectivity index (χ2n) is 11.7. The van der Waals surface area contributed by atoms with Crippen molar-refractivity contribution in [1.29, 1.82) is 0 Å². The van der Waals surface area contributed by atoms with Gasteiger partial charge in [-0.05, 0) is 55.8 Å². The van der Waals surface area contributed by atoms with Crippen molar-refractivity contribution in [1.82, 2.24) is 0 Å². The summed E-state index contributed by atoms with van der Waals surface area (Å²) in [6.45, 7) is 0. The summed E-state index contributed by atoms with van der Waals surface area (Å²) >= 11 is 0. The topological polar surface area (TPSA) is 3.24 Å². The molecule has 0 fully saturated rings. The van der Waals surface area contributed by atoms with Crippen LogP contribution in [-0.4, -0.2) is 8.07 Å². The maximum atomic E-state index is 2.44. The molecule has 8 aromatic carbocycles. The van der Waals surface area contributed by atoms with Gasteiger partial charge in [0, 0.05) is 16.5 Å². The van der Waals surface area contributed by atoms with E-state index in [2.05, 4.69) is 205 Å². The molecule has 0 aliphatic rings. The van der Waals surface area contributed by atoms with Crippen LogP contribution in [0.3, 0.4) is 0 Å². The smallest absolute Gasteiger partial charge is 0.179 e. The first-order valence-electron chi connectivity index (χ1n) is 15.9. The van der Waals surface area contributed by atoms with Crippen molar-refractivity contribution in [3.63, 3.8) is 0 Å². The molecular formula is C44H33NSi. The minimum atomic E-state index is -2.62. The fraction of sp³-hybridized carbons (Fsp3) is 0. The average Bonchev–Trinajstić information content (AvgIpc) is 3.14. The number of hydrogen-bond acceptors (Lipinski definition) is 1. The quantitative estimate of drug-likeness (QED) is 0.130. The van der Waals surface area contributed by atoms with Crippen LogP contribution >= 0.6 is 0 Å². The van der Waals surface area contributed by atoms with Gasteiger partial charge in [-0.2, -0.15) is 0 Å². The van der Waals surface area contributed by atoms with E-state index in [1.54, 1.807) is 0 Å². The standard InChI is InChI=1S/C44H33NSi/c1-4-20-37(21-5-1)46(38-22-6-2-7-23-38,39-24-8-3-9-25-39)40-32-30-36(31-33-40)45(43-28-14-18-34-16-10-12-26-41(34)43)44-29-15-19-35-17-11-13-27-42(35)44/h1-33H. The second kappa shape index (κ2) is 12.0. The maximum absolute atomic E-state index is 2.62. The highest BCUT2D eigenvalue weighted by molar-refractivity contribution is 7.19. The van der Waals surface area contributed by atoms with Crippen molar-refractivity contribution < 1.29 is 0 Å². The highest BCUT2D eigenvalue weighted by atomic mass is 28.3. The number of fused-ring (bicyclic) bond motifs is 2. The van der Waals surface area contributed by atoms with Gasteiger partial charge in [-0.15, -0.1) is 0 Å². The van der Waals surface area contributed by atoms with E-state index in [-0.39, 0.29) is 0 Å². The van der Waals surface area contributed by atoms with Gasteiger partial charge >= 0.3 is 0 Å². The minimum absolute atomic E-state index is 1.13. The Morgan fingerprint density at radius 2 is 0.630 bits per heavy atom. The van der Waals surface area contributed by atoms with Crippen LogP contribution < -0.4 is 25.6 Å². The molecule has 0 saturated carbocycles. The number of hydrogen-bond donors (Lipinski definition) is 0. The summed E-state index contributed by atoms with van der Waals surface area (Å²) in [5, 5.41) is 10.4. The fourth-order valence-electron chi connectivity index (χ4n) is 7.14. The molecule has 218 valence electrons. The fourth-order valence-corrected chi connectivity index (χ4v) is 11.9. The van der Waals surface area contributed by atoms with Crippen molar-refractivity contribution in [2.45, 2.75) is 0 Å². The largest absolute Gasteiger partial charge is 0.309 e. The monoisotopic (exact) mass is 603 g/mol. The summed E-state index contributed by atoms with van der Waals surface area (Å²) in [5.41, 5.74) is 3.47. The summed E-state index contributed by atoms with van der Waals surface area (Å²) < 4.78 is 0. The first-order chi connectivity index (χ1) is 22.8. The van der Waals surface area contributed by atoms with Gasteiger partial charge < -0.3 is 4.90 Å². The van der Waals surface area contributed by atoms with Crippen molar-refractivity contribution in [2.24, 2.45) is 0 Å². The van der Waals surface area contributed by atoms with Crippen molar-refractivity contribution >= 4 is 67.4 Å². The van der Waals surface area contributed by atoms with Crippen molar-refractivity contribution in [3.05, 3.63) is 200 Å². The summed E-state index contributed by atoms with van der Waals surface area (Å²) in [7, 11) is -2.62. The predicted octanol–water partition coefficient (Wildman–Crippen LogP) is 8.84. The van der Waals surface area contributed by atoms with Gasteiger partial charge in [0.1, 0.15) is 0 Å². The zero-order chi connectivity index (χ0) is 30.8. The molecule has 2 heteroatoms. The molecule has 0 atom stereocenters. The summed E-state index contributed by atoms with van der Waals surface area (Å²) in [6, 6.07) is 73.4. The van der Waals surface area contributed by atoms with E-state index in [1.165, 1.54) is 53.7 Å². The highest BCUT2D eigenvalue weighted by Gasteiger charge is 2.41. The number of nitrogens with zero attached hydrogens (tertiary/aromatic N) is 1. The van der Waals surface area contributed by atoms with Gasteiger partial charge in [0.2, 0.25) is 0 Å². The van der Waals surface area contributed by atoms with Crippen LogP contribution in [0.2, 0.25) is 0 Å². The van der Waals surface area contributed by atoms with Crippen LogP contribution in [-0.2, 0) is 0 Å². The molecule has 0 N–H and O–H groups in total. The molecule has 0 aliphatic carbocycles. The summed E-state index contributed by atoms with van der Waals surface area (Å²) in [5.74, 6) is 0. The summed E-state index contributed by atoms with van der Waals surface area (Å²) in [6.07, 6.45) is 0. The van der Waals surface area contributed by atoms with E-state index >= 15 is 0 Å². The van der Waals surface area contributed by atoms with E-state index in [0.717, 1.165) is 5.69 Å². The van der Waals surface area contributed by atoms with Crippen LogP contribution in [0.15, 0.2) is 200 Å². The van der Waals surface area contributed by atoms with Crippen LogP contribution in [0.25, 0.3) is 21.5 Å². The molecule has 0 amide bonds. The normalized spacial score (nSPS) is 11.5. The lowest BCUT2D eigenvalue weighted by Crippen LogP contribution is -2.74. The zero-order valence-corrected chi connectivity index (χ0v) is 26.5. The lowest BCUT2D eigenvalue weighted by Gasteiger charge is -2.35. The lowest BCUT2D eigenvalue weighted by atomic mass is 10.0. The molecule has 0 bridgehead atoms. The van der Waals surface area contributed by atoms with Gasteiger partial charge in [0.15, 0.2) is 8.07 Å². The Kier molecular flexibility index (Phi) is 7.26. The Bertz CT molecular complexity index is 2060. The van der Waals surface area contributed by atoms with E-state index < -0.39 is 8.07 Å². The number of rotatable bonds is 7. The molecule has 1 nitrogen and oxygen atoms in total. The summed E-state index contributed by atoms with van der Waals surface area (Å²) in [4.78, 5) is 2.44. The number of benzene rings is 8. The predicted molar refractivity (Wildman–Crippen MR) is 200 cm³/mol. The van der Waals surface area contributed by atoms with Crippen molar-refractivity contribution in [3.8, 4) is 0 Å². The van der Waals surface area contributed by atoms with Gasteiger partial charge in [0.25, 0.3) is 0 Å². The Morgan fingerprint density at radius 3 is 1.07 bits per heavy atom. The molecule has 0 spiro atoms. The first-order valence-corrected chi connectivity index (χ1v) is 17.9. The van der Waals surface area contributed by atoms with Crippen LogP contribution in [0.5, 0.6) is 0 Å². The third-order valence-electron chi connectivity index (χ3n) is 9.19. The third-order valence-corrected chi connectivity index (χ3v) is 14.0. The molecule has 0 radical (unpaired) electrons. The molecule has 46 heavy (non-hydrogen) atoms. The third kappa shape index (κ3) is 4.71. The molecule has 0 unspecified atom stereocenters. The Balaban J connectivity index is 1.38. The van der Waals surface area contributed by atoms with E-state index in [0.29, 0.717) is 0 Å². The van der Waals surface area contributed by atoms with Crippen LogP contribution in [0, 0.1) is 0 Å². The van der Waals surface area contributed by atoms with E-state index in [4.69, 9.17) is 0 Å². The SMILES string of the molecule is c1ccc([Si](c2ccccc2)(c2ccccc2)c2ccc(N(c3cccc4ccccc34)c3cccc4ccccc34)cc2)cc1. The Morgan fingerprint density at radius 1 is 0.283 bits per heavy atom. The first kappa shape index (κ1) is 27.8. The molecule has 0 saturated heterocycles. The Labute approximate surface area is 271 Å². The van der Waals surface area contributed by atoms with Crippen LogP contribution in [0.4, 0.5) is 17.1 Å². The van der Waals surface area contributed by atoms with Crippen LogP contribution in [0.1, 0.15) is 0 Å². The molecular weight excluding hydrogens is 571 g/mol. The molecule has 8 rings (SSSR count). The lowest BCUT2D eigenvalue weighted by molar-refractivity contribution is 1.31. The van der Waals surface area contributed by atoms with Gasteiger partial charge in [-0.25, -0.2) is 0 Å². The molecule has 0 heterocycles. The number of anilines is 3. The van der Waals surface area contributed by atoms with Gasteiger partial charge in [-0.1, -0.05) is 176 Å².